The van der Waals surface area contributed by atoms with Gasteiger partial charge in [0.15, 0.2) is 0 Å². The molecule has 0 aliphatic heterocycles. The maximum absolute atomic E-state index is 2.47. The first-order valence-electron chi connectivity index (χ1n) is 25.2. The normalized spacial score (nSPS) is 12.1. The summed E-state index contributed by atoms with van der Waals surface area (Å²) in [5.74, 6) is 0. The fraction of sp³-hybridized carbons (Fsp3) is 0.0286. The second-order valence-electron chi connectivity index (χ2n) is 19.0. The van der Waals surface area contributed by atoms with Gasteiger partial charge in [-0.05, 0) is 182 Å². The van der Waals surface area contributed by atoms with Gasteiger partial charge >= 0.3 is 0 Å². The van der Waals surface area contributed by atoms with Gasteiger partial charge in [-0.2, -0.15) is 0 Å². The molecule has 0 bridgehead atoms. The van der Waals surface area contributed by atoms with Gasteiger partial charge in [0.25, 0.3) is 0 Å². The van der Waals surface area contributed by atoms with Crippen LogP contribution in [-0.2, 0) is 0 Å². The Bertz CT molecular complexity index is 4320. The highest BCUT2D eigenvalue weighted by Crippen LogP contribution is 2.52. The molecule has 0 saturated carbocycles. The Morgan fingerprint density at radius 3 is 1.17 bits per heavy atom. The lowest BCUT2D eigenvalue weighted by atomic mass is 9.81. The Morgan fingerprint density at radius 1 is 0.278 bits per heavy atom. The minimum atomic E-state index is 0.971. The maximum atomic E-state index is 2.47. The second-order valence-corrected chi connectivity index (χ2v) is 19.0. The summed E-state index contributed by atoms with van der Waals surface area (Å²) in [6.45, 7) is 2.23. The second kappa shape index (κ2) is 17.0. The molecular weight excluding hydrogens is 869 g/mol. The van der Waals surface area contributed by atoms with E-state index in [1.807, 2.05) is 0 Å². The van der Waals surface area contributed by atoms with Crippen molar-refractivity contribution in [2.24, 2.45) is 0 Å². The van der Waals surface area contributed by atoms with E-state index in [0.717, 1.165) is 40.5 Å². The van der Waals surface area contributed by atoms with Gasteiger partial charge in [-0.1, -0.05) is 195 Å². The molecule has 0 spiro atoms. The number of anilines is 6. The molecule has 2 nitrogen and oxygen atoms in total. The van der Waals surface area contributed by atoms with Crippen LogP contribution in [0.25, 0.3) is 104 Å². The third kappa shape index (κ3) is 6.64. The molecule has 0 heterocycles. The highest BCUT2D eigenvalue weighted by Gasteiger charge is 2.25. The van der Waals surface area contributed by atoms with E-state index in [1.165, 1.54) is 103 Å². The Balaban J connectivity index is 1.17. The summed E-state index contributed by atoms with van der Waals surface area (Å²) in [5.41, 5.74) is 11.5. The van der Waals surface area contributed by atoms with E-state index in [0.29, 0.717) is 0 Å². The average Bonchev–Trinajstić information content (AvgIpc) is 3.44. The van der Waals surface area contributed by atoms with Crippen LogP contribution < -0.4 is 15.0 Å². The molecule has 14 rings (SSSR count). The number of nitrogens with zero attached hydrogens (tertiary/aromatic N) is 2. The van der Waals surface area contributed by atoms with Crippen LogP contribution in [0.1, 0.15) is 13.3 Å². The third-order valence-electron chi connectivity index (χ3n) is 15.0. The van der Waals surface area contributed by atoms with Gasteiger partial charge in [-0.3, -0.25) is 0 Å². The summed E-state index contributed by atoms with van der Waals surface area (Å²) in [7, 11) is 0. The number of para-hydroxylation sites is 4. The van der Waals surface area contributed by atoms with Crippen LogP contribution in [0.3, 0.4) is 0 Å². The van der Waals surface area contributed by atoms with Crippen LogP contribution in [0.2, 0.25) is 0 Å². The lowest BCUT2D eigenvalue weighted by Crippen LogP contribution is -2.10. The molecule has 0 atom stereocenters. The van der Waals surface area contributed by atoms with Gasteiger partial charge in [0.05, 0.1) is 0 Å². The molecule has 2 heteroatoms. The predicted molar refractivity (Wildman–Crippen MR) is 310 cm³/mol. The monoisotopic (exact) mass is 916 g/mol. The molecule has 0 N–H and O–H groups in total. The van der Waals surface area contributed by atoms with Gasteiger partial charge in [0.1, 0.15) is 0 Å². The van der Waals surface area contributed by atoms with E-state index in [1.54, 1.807) is 0 Å². The SMILES string of the molecule is CC/C=c1/ccc2ccc(-c3c4cc(N(c5ccccc5)c5ccccc5)ccc4c(-c4ccc5ccc6cccc7ccc4c5c67)c4cc(N(c5ccccc5)c5ccccc5)ccc34)c3cccc1c23. The zero-order valence-corrected chi connectivity index (χ0v) is 39.9. The van der Waals surface area contributed by atoms with Gasteiger partial charge in [0.2, 0.25) is 0 Å². The molecule has 0 aliphatic carbocycles. The maximum Gasteiger partial charge on any atom is 0.0468 e. The highest BCUT2D eigenvalue weighted by molar-refractivity contribution is 6.31. The summed E-state index contributed by atoms with van der Waals surface area (Å²) in [6, 6.07) is 94.5. The molecule has 0 amide bonds. The molecule has 14 aromatic carbocycles. The first-order valence-corrected chi connectivity index (χ1v) is 25.2. The fourth-order valence-corrected chi connectivity index (χ4v) is 11.9. The Hall–Kier alpha value is -9.24. The van der Waals surface area contributed by atoms with E-state index in [2.05, 4.69) is 278 Å². The van der Waals surface area contributed by atoms with Crippen LogP contribution in [0.15, 0.2) is 255 Å². The van der Waals surface area contributed by atoms with E-state index in [9.17, 15) is 0 Å². The number of fused-ring (bicyclic) bond motifs is 2. The van der Waals surface area contributed by atoms with Crippen LogP contribution >= 0.6 is 0 Å². The lowest BCUT2D eigenvalue weighted by Gasteiger charge is -2.28. The van der Waals surface area contributed by atoms with Crippen molar-refractivity contribution in [2.45, 2.75) is 13.3 Å². The van der Waals surface area contributed by atoms with Crippen LogP contribution in [0.5, 0.6) is 0 Å². The molecule has 14 aromatic rings. The smallest absolute Gasteiger partial charge is 0.0468 e. The Kier molecular flexibility index (Phi) is 9.86. The van der Waals surface area contributed by atoms with Crippen molar-refractivity contribution < 1.29 is 0 Å². The van der Waals surface area contributed by atoms with Crippen molar-refractivity contribution in [1.29, 1.82) is 0 Å². The molecular formula is C70H48N2. The highest BCUT2D eigenvalue weighted by atomic mass is 15.1. The van der Waals surface area contributed by atoms with Crippen LogP contribution in [-0.4, -0.2) is 0 Å². The Morgan fingerprint density at radius 2 is 0.667 bits per heavy atom. The molecule has 0 radical (unpaired) electrons. The van der Waals surface area contributed by atoms with Crippen molar-refractivity contribution >= 4 is 116 Å². The van der Waals surface area contributed by atoms with E-state index >= 15 is 0 Å². The van der Waals surface area contributed by atoms with Gasteiger partial charge in [-0.25, -0.2) is 0 Å². The van der Waals surface area contributed by atoms with Crippen molar-refractivity contribution in [1.82, 2.24) is 0 Å². The molecule has 338 valence electrons. The molecule has 0 aromatic heterocycles. The largest absolute Gasteiger partial charge is 0.310 e. The average molecular weight is 917 g/mol. The van der Waals surface area contributed by atoms with Crippen molar-refractivity contribution in [3.8, 4) is 22.3 Å². The quantitative estimate of drug-likeness (QED) is 0.105. The molecule has 0 saturated heterocycles. The molecule has 0 unspecified atom stereocenters. The number of benzene rings is 14. The summed E-state index contributed by atoms with van der Waals surface area (Å²) in [5, 5.41) is 18.8. The van der Waals surface area contributed by atoms with E-state index < -0.39 is 0 Å². The number of hydrogen-bond donors (Lipinski definition) is 0. The number of hydrogen-bond acceptors (Lipinski definition) is 2. The lowest BCUT2D eigenvalue weighted by molar-refractivity contribution is 1.29. The molecule has 0 fully saturated rings. The first-order chi connectivity index (χ1) is 35.7. The minimum absolute atomic E-state index is 0.971. The Labute approximate surface area is 418 Å². The van der Waals surface area contributed by atoms with Crippen LogP contribution in [0.4, 0.5) is 34.1 Å². The zero-order chi connectivity index (χ0) is 47.7. The summed E-state index contributed by atoms with van der Waals surface area (Å²) in [6.07, 6.45) is 3.33. The minimum Gasteiger partial charge on any atom is -0.310 e. The van der Waals surface area contributed by atoms with Gasteiger partial charge in [0, 0.05) is 34.1 Å². The topological polar surface area (TPSA) is 6.48 Å². The summed E-state index contributed by atoms with van der Waals surface area (Å²) in [4.78, 5) is 4.79. The van der Waals surface area contributed by atoms with Crippen LogP contribution in [0, 0.1) is 0 Å². The van der Waals surface area contributed by atoms with E-state index in [-0.39, 0.29) is 0 Å². The van der Waals surface area contributed by atoms with Gasteiger partial charge in [-0.15, -0.1) is 0 Å². The van der Waals surface area contributed by atoms with Gasteiger partial charge < -0.3 is 9.80 Å². The van der Waals surface area contributed by atoms with E-state index in [4.69, 9.17) is 0 Å². The summed E-state index contributed by atoms with van der Waals surface area (Å²) < 4.78 is 0. The predicted octanol–water partition coefficient (Wildman–Crippen LogP) is 19.4. The molecule has 72 heavy (non-hydrogen) atoms. The zero-order valence-electron chi connectivity index (χ0n) is 39.9. The number of rotatable bonds is 9. The summed E-state index contributed by atoms with van der Waals surface area (Å²) >= 11 is 0. The first kappa shape index (κ1) is 41.7. The van der Waals surface area contributed by atoms with Crippen molar-refractivity contribution in [3.05, 3.63) is 260 Å². The fourth-order valence-electron chi connectivity index (χ4n) is 11.9. The van der Waals surface area contributed by atoms with Crippen molar-refractivity contribution in [2.75, 3.05) is 9.80 Å². The third-order valence-corrected chi connectivity index (χ3v) is 15.0. The van der Waals surface area contributed by atoms with Crippen molar-refractivity contribution in [3.63, 3.8) is 0 Å². The standard InChI is InChI=1S/C70H48N2/c1-2-17-46-30-31-49-35-40-60(58-29-16-28-57(46)67(49)58)69-62-42-37-56(72(53-24-11-5-12-25-53)54-26-13-6-14-27-54)45-65(62)70(61-41-36-50-33-32-47-18-15-19-48-34-39-59(61)68(50)66(47)48)63-43-38-55(44-64(63)69)71(51-20-7-3-8-21-51)52-22-9-4-10-23-52/h3-45H,2H2,1H3/b46-17-. The molecule has 0 aliphatic rings.